The molecule has 0 unspecified atom stereocenters. The minimum absolute atomic E-state index is 0.152. The Morgan fingerprint density at radius 3 is 2.76 bits per heavy atom. The Morgan fingerprint density at radius 2 is 2.14 bits per heavy atom. The van der Waals surface area contributed by atoms with Gasteiger partial charge < -0.3 is 10.4 Å². The lowest BCUT2D eigenvalue weighted by Crippen LogP contribution is -2.08. The maximum absolute atomic E-state index is 11.3. The summed E-state index contributed by atoms with van der Waals surface area (Å²) in [5, 5.41) is 16.2. The number of anilines is 1. The Kier molecular flexibility index (Phi) is 3.21. The van der Waals surface area contributed by atoms with Gasteiger partial charge in [0.05, 0.1) is 17.6 Å². The number of benzene rings is 1. The number of hydrogen-bond donors (Lipinski definition) is 2. The van der Waals surface area contributed by atoms with Crippen LogP contribution in [0.5, 0.6) is 0 Å². The number of aromatic carboxylic acids is 1. The summed E-state index contributed by atoms with van der Waals surface area (Å²) in [7, 11) is 0. The van der Waals surface area contributed by atoms with Crippen molar-refractivity contribution in [2.75, 3.05) is 5.32 Å². The van der Waals surface area contributed by atoms with E-state index in [4.69, 9.17) is 0 Å². The summed E-state index contributed by atoms with van der Waals surface area (Å²) in [5.74, 6) is -0.856. The fourth-order valence-corrected chi connectivity index (χ4v) is 2.40. The number of carboxylic acid groups (broad SMARTS) is 1. The van der Waals surface area contributed by atoms with Gasteiger partial charge in [0, 0.05) is 18.5 Å². The number of aromatic nitrogens is 2. The highest BCUT2D eigenvalue weighted by Gasteiger charge is 2.32. The predicted molar refractivity (Wildman–Crippen MR) is 76.8 cm³/mol. The topological polar surface area (TPSA) is 84.2 Å². The summed E-state index contributed by atoms with van der Waals surface area (Å²) in [4.78, 5) is 22.4. The Labute approximate surface area is 121 Å². The molecule has 1 aromatic heterocycles. The van der Waals surface area contributed by atoms with Crippen LogP contribution in [0.15, 0.2) is 30.5 Å². The molecule has 1 aliphatic carbocycles. The second-order valence-electron chi connectivity index (χ2n) is 5.17. The van der Waals surface area contributed by atoms with Gasteiger partial charge in [-0.15, -0.1) is 0 Å². The van der Waals surface area contributed by atoms with Crippen LogP contribution in [-0.4, -0.2) is 26.8 Å². The van der Waals surface area contributed by atoms with Crippen molar-refractivity contribution < 1.29 is 14.7 Å². The Morgan fingerprint density at radius 1 is 1.38 bits per heavy atom. The molecule has 6 nitrogen and oxygen atoms in total. The maximum Gasteiger partial charge on any atom is 0.339 e. The van der Waals surface area contributed by atoms with Crippen LogP contribution in [0.3, 0.4) is 0 Å². The summed E-state index contributed by atoms with van der Waals surface area (Å²) >= 11 is 0. The molecule has 0 saturated heterocycles. The van der Waals surface area contributed by atoms with Crippen molar-refractivity contribution in [2.45, 2.75) is 25.7 Å². The van der Waals surface area contributed by atoms with Gasteiger partial charge >= 0.3 is 5.97 Å². The molecule has 1 amide bonds. The monoisotopic (exact) mass is 285 g/mol. The van der Waals surface area contributed by atoms with E-state index in [0.29, 0.717) is 5.69 Å². The van der Waals surface area contributed by atoms with E-state index in [2.05, 4.69) is 10.4 Å². The van der Waals surface area contributed by atoms with Crippen LogP contribution in [0.4, 0.5) is 5.69 Å². The van der Waals surface area contributed by atoms with E-state index in [1.807, 2.05) is 6.07 Å². The van der Waals surface area contributed by atoms with Gasteiger partial charge in [-0.1, -0.05) is 6.07 Å². The quantitative estimate of drug-likeness (QED) is 0.903. The van der Waals surface area contributed by atoms with Crippen LogP contribution in [0.25, 0.3) is 5.69 Å². The van der Waals surface area contributed by atoms with E-state index in [9.17, 15) is 14.7 Å². The smallest absolute Gasteiger partial charge is 0.339 e. The fraction of sp³-hybridized carbons (Fsp3) is 0.267. The van der Waals surface area contributed by atoms with Crippen LogP contribution >= 0.6 is 0 Å². The zero-order valence-electron chi connectivity index (χ0n) is 11.5. The number of hydrogen-bond acceptors (Lipinski definition) is 3. The van der Waals surface area contributed by atoms with Gasteiger partial charge in [-0.3, -0.25) is 4.79 Å². The minimum Gasteiger partial charge on any atom is -0.478 e. The predicted octanol–water partition coefficient (Wildman–Crippen LogP) is 2.41. The molecule has 1 saturated carbocycles. The van der Waals surface area contributed by atoms with Crippen molar-refractivity contribution in [3.8, 4) is 5.69 Å². The molecule has 1 fully saturated rings. The summed E-state index contributed by atoms with van der Waals surface area (Å²) in [6, 6.07) is 7.21. The molecular formula is C15H15N3O3. The molecule has 21 heavy (non-hydrogen) atoms. The van der Waals surface area contributed by atoms with Crippen molar-refractivity contribution in [3.63, 3.8) is 0 Å². The molecule has 0 spiro atoms. The molecule has 2 aromatic rings. The van der Waals surface area contributed by atoms with Crippen molar-refractivity contribution in [1.29, 1.82) is 0 Å². The van der Waals surface area contributed by atoms with Crippen LogP contribution in [0.2, 0.25) is 0 Å². The number of nitrogens with one attached hydrogen (secondary N) is 1. The van der Waals surface area contributed by atoms with Crippen molar-refractivity contribution in [2.24, 2.45) is 0 Å². The van der Waals surface area contributed by atoms with Crippen molar-refractivity contribution in [3.05, 3.63) is 41.7 Å². The van der Waals surface area contributed by atoms with Gasteiger partial charge in [-0.2, -0.15) is 5.10 Å². The highest BCUT2D eigenvalue weighted by Crippen LogP contribution is 2.42. The molecule has 3 rings (SSSR count). The van der Waals surface area contributed by atoms with Gasteiger partial charge in [0.2, 0.25) is 5.91 Å². The first-order valence-corrected chi connectivity index (χ1v) is 6.75. The largest absolute Gasteiger partial charge is 0.478 e. The van der Waals surface area contributed by atoms with Gasteiger partial charge in [-0.25, -0.2) is 9.48 Å². The molecule has 6 heteroatoms. The minimum atomic E-state index is -0.957. The molecule has 0 atom stereocenters. The van der Waals surface area contributed by atoms with Crippen molar-refractivity contribution in [1.82, 2.24) is 9.78 Å². The molecule has 0 bridgehead atoms. The molecule has 0 aliphatic heterocycles. The average Bonchev–Trinajstić information content (AvgIpc) is 3.16. The summed E-state index contributed by atoms with van der Waals surface area (Å²) in [6.45, 7) is 1.44. The Hall–Kier alpha value is -2.63. The van der Waals surface area contributed by atoms with Crippen LogP contribution in [0, 0.1) is 0 Å². The Balaban J connectivity index is 2.04. The van der Waals surface area contributed by atoms with Crippen LogP contribution in [-0.2, 0) is 4.79 Å². The second-order valence-corrected chi connectivity index (χ2v) is 5.17. The molecule has 2 N–H and O–H groups in total. The first-order valence-electron chi connectivity index (χ1n) is 6.75. The molecular weight excluding hydrogens is 270 g/mol. The number of carbonyl (C=O) groups excluding carboxylic acids is 1. The standard InChI is InChI=1S/C15H15N3O3/c1-9(19)17-11-3-2-4-12(7-11)18-14(10-5-6-10)13(8-16-18)15(20)21/h2-4,7-8,10H,5-6H2,1H3,(H,17,19)(H,20,21). The number of carboxylic acids is 1. The van der Waals surface area contributed by atoms with E-state index >= 15 is 0 Å². The number of nitrogens with zero attached hydrogens (tertiary/aromatic N) is 2. The summed E-state index contributed by atoms with van der Waals surface area (Å²) < 4.78 is 1.66. The highest BCUT2D eigenvalue weighted by atomic mass is 16.4. The lowest BCUT2D eigenvalue weighted by atomic mass is 10.1. The molecule has 1 aliphatic rings. The normalized spacial score (nSPS) is 14.0. The van der Waals surface area contributed by atoms with E-state index in [-0.39, 0.29) is 17.4 Å². The fourth-order valence-electron chi connectivity index (χ4n) is 2.40. The second kappa shape index (κ2) is 5.05. The lowest BCUT2D eigenvalue weighted by Gasteiger charge is -2.09. The zero-order valence-corrected chi connectivity index (χ0v) is 11.5. The number of amides is 1. The van der Waals surface area contributed by atoms with E-state index in [1.54, 1.807) is 22.9 Å². The van der Waals surface area contributed by atoms with E-state index in [1.165, 1.54) is 13.1 Å². The molecule has 1 aromatic carbocycles. The number of carbonyl (C=O) groups is 2. The maximum atomic E-state index is 11.3. The van der Waals surface area contributed by atoms with Gasteiger partial charge in [-0.05, 0) is 31.0 Å². The molecule has 108 valence electrons. The third-order valence-corrected chi connectivity index (χ3v) is 3.41. The first-order chi connectivity index (χ1) is 10.1. The van der Waals surface area contributed by atoms with E-state index in [0.717, 1.165) is 24.2 Å². The third-order valence-electron chi connectivity index (χ3n) is 3.41. The third kappa shape index (κ3) is 2.65. The zero-order chi connectivity index (χ0) is 15.0. The average molecular weight is 285 g/mol. The highest BCUT2D eigenvalue weighted by molar-refractivity contribution is 5.90. The SMILES string of the molecule is CC(=O)Nc1cccc(-n2ncc(C(=O)O)c2C2CC2)c1. The summed E-state index contributed by atoms with van der Waals surface area (Å²) in [6.07, 6.45) is 3.36. The lowest BCUT2D eigenvalue weighted by molar-refractivity contribution is -0.114. The molecule has 0 radical (unpaired) electrons. The Bertz CT molecular complexity index is 717. The molecule has 1 heterocycles. The van der Waals surface area contributed by atoms with Gasteiger partial charge in [0.1, 0.15) is 5.56 Å². The number of rotatable bonds is 4. The van der Waals surface area contributed by atoms with Gasteiger partial charge in [0.25, 0.3) is 0 Å². The van der Waals surface area contributed by atoms with Gasteiger partial charge in [0.15, 0.2) is 0 Å². The summed E-state index contributed by atoms with van der Waals surface area (Å²) in [5.41, 5.74) is 2.40. The first kappa shape index (κ1) is 13.4. The van der Waals surface area contributed by atoms with Crippen molar-refractivity contribution >= 4 is 17.6 Å². The van der Waals surface area contributed by atoms with Crippen LogP contribution in [0.1, 0.15) is 41.7 Å². The van der Waals surface area contributed by atoms with E-state index < -0.39 is 5.97 Å². The van der Waals surface area contributed by atoms with Crippen LogP contribution < -0.4 is 5.32 Å².